The van der Waals surface area contributed by atoms with E-state index >= 15 is 0 Å². The van der Waals surface area contributed by atoms with Crippen molar-refractivity contribution in [3.63, 3.8) is 0 Å². The van der Waals surface area contributed by atoms with Gasteiger partial charge >= 0.3 is 0 Å². The molecular formula is C14H28O2S. The Morgan fingerprint density at radius 2 is 1.59 bits per heavy atom. The standard InChI is InChI=1S/C14H28O2S/c1-8-13(4,5)17-14(6,7)9-10-16-12(2,3)11-15/h11H,8-10H2,1-7H3. The molecule has 0 saturated heterocycles. The van der Waals surface area contributed by atoms with Crippen LogP contribution in [0.5, 0.6) is 0 Å². The zero-order valence-electron chi connectivity index (χ0n) is 12.4. The van der Waals surface area contributed by atoms with Gasteiger partial charge in [-0.25, -0.2) is 0 Å². The Morgan fingerprint density at radius 3 is 2.00 bits per heavy atom. The van der Waals surface area contributed by atoms with Crippen LogP contribution in [0.4, 0.5) is 0 Å². The zero-order chi connectivity index (χ0) is 13.7. The summed E-state index contributed by atoms with van der Waals surface area (Å²) in [6.07, 6.45) is 2.98. The van der Waals surface area contributed by atoms with Gasteiger partial charge in [-0.1, -0.05) is 34.6 Å². The van der Waals surface area contributed by atoms with Crippen molar-refractivity contribution >= 4 is 18.0 Å². The summed E-state index contributed by atoms with van der Waals surface area (Å²) in [7, 11) is 0. The molecule has 3 heteroatoms. The molecule has 0 aliphatic heterocycles. The second kappa shape index (κ2) is 6.24. The number of hydrogen-bond acceptors (Lipinski definition) is 3. The molecule has 0 heterocycles. The highest BCUT2D eigenvalue weighted by molar-refractivity contribution is 8.01. The molecule has 0 N–H and O–H groups in total. The van der Waals surface area contributed by atoms with Crippen LogP contribution in [0.15, 0.2) is 0 Å². The molecule has 0 aromatic heterocycles. The van der Waals surface area contributed by atoms with Crippen molar-refractivity contribution in [1.29, 1.82) is 0 Å². The van der Waals surface area contributed by atoms with Gasteiger partial charge in [-0.2, -0.15) is 0 Å². The minimum atomic E-state index is -0.652. The van der Waals surface area contributed by atoms with Gasteiger partial charge in [-0.05, 0) is 26.7 Å². The van der Waals surface area contributed by atoms with Crippen LogP contribution < -0.4 is 0 Å². The Morgan fingerprint density at radius 1 is 1.06 bits per heavy atom. The smallest absolute Gasteiger partial charge is 0.151 e. The van der Waals surface area contributed by atoms with E-state index in [1.54, 1.807) is 13.8 Å². The average molecular weight is 260 g/mol. The first kappa shape index (κ1) is 17.0. The molecule has 0 rings (SSSR count). The van der Waals surface area contributed by atoms with E-state index in [1.165, 1.54) is 0 Å². The lowest BCUT2D eigenvalue weighted by molar-refractivity contribution is -0.127. The molecular weight excluding hydrogens is 232 g/mol. The lowest BCUT2D eigenvalue weighted by Gasteiger charge is -2.34. The van der Waals surface area contributed by atoms with E-state index in [0.717, 1.165) is 19.1 Å². The van der Waals surface area contributed by atoms with Crippen LogP contribution in [0.2, 0.25) is 0 Å². The molecule has 0 amide bonds. The zero-order valence-corrected chi connectivity index (χ0v) is 13.2. The van der Waals surface area contributed by atoms with Crippen LogP contribution in [-0.4, -0.2) is 28.0 Å². The predicted octanol–water partition coefficient (Wildman–Crippen LogP) is 4.07. The molecule has 0 aromatic carbocycles. The van der Waals surface area contributed by atoms with Crippen LogP contribution >= 0.6 is 11.8 Å². The third-order valence-electron chi connectivity index (χ3n) is 2.87. The minimum Gasteiger partial charge on any atom is -0.368 e. The fourth-order valence-corrected chi connectivity index (χ4v) is 3.29. The Balaban J connectivity index is 4.15. The molecule has 0 bridgehead atoms. The molecule has 0 fully saturated rings. The van der Waals surface area contributed by atoms with E-state index in [1.807, 2.05) is 11.8 Å². The maximum absolute atomic E-state index is 10.7. The number of rotatable bonds is 8. The van der Waals surface area contributed by atoms with Gasteiger partial charge in [0.05, 0.1) is 0 Å². The number of hydrogen-bond donors (Lipinski definition) is 0. The van der Waals surface area contributed by atoms with Gasteiger partial charge < -0.3 is 9.53 Å². The number of ether oxygens (including phenoxy) is 1. The van der Waals surface area contributed by atoms with Gasteiger partial charge in [0.2, 0.25) is 0 Å². The van der Waals surface area contributed by atoms with Crippen molar-refractivity contribution in [3.8, 4) is 0 Å². The van der Waals surface area contributed by atoms with Crippen molar-refractivity contribution in [2.75, 3.05) is 6.61 Å². The summed E-state index contributed by atoms with van der Waals surface area (Å²) in [6.45, 7) is 15.5. The highest BCUT2D eigenvalue weighted by atomic mass is 32.2. The molecule has 0 spiro atoms. The molecule has 0 saturated carbocycles. The number of thioether (sulfide) groups is 1. The Labute approximate surface area is 111 Å². The van der Waals surface area contributed by atoms with Crippen molar-refractivity contribution < 1.29 is 9.53 Å². The minimum absolute atomic E-state index is 0.179. The van der Waals surface area contributed by atoms with Crippen LogP contribution in [0.1, 0.15) is 61.3 Å². The molecule has 102 valence electrons. The highest BCUT2D eigenvalue weighted by Crippen LogP contribution is 2.40. The van der Waals surface area contributed by atoms with Gasteiger partial charge in [0.1, 0.15) is 5.60 Å². The summed E-state index contributed by atoms with van der Waals surface area (Å²) in [5.74, 6) is 0. The van der Waals surface area contributed by atoms with E-state index < -0.39 is 5.60 Å². The fraction of sp³-hybridized carbons (Fsp3) is 0.929. The van der Waals surface area contributed by atoms with Gasteiger partial charge in [0.25, 0.3) is 0 Å². The summed E-state index contributed by atoms with van der Waals surface area (Å²) in [4.78, 5) is 10.7. The predicted molar refractivity (Wildman–Crippen MR) is 76.8 cm³/mol. The number of carbonyl (C=O) groups excluding carboxylic acids is 1. The van der Waals surface area contributed by atoms with Crippen LogP contribution in [0.25, 0.3) is 0 Å². The highest BCUT2D eigenvalue weighted by Gasteiger charge is 2.28. The third-order valence-corrected chi connectivity index (χ3v) is 4.46. The number of aldehydes is 1. The van der Waals surface area contributed by atoms with E-state index in [4.69, 9.17) is 4.74 Å². The maximum Gasteiger partial charge on any atom is 0.151 e. The van der Waals surface area contributed by atoms with E-state index in [2.05, 4.69) is 34.6 Å². The monoisotopic (exact) mass is 260 g/mol. The van der Waals surface area contributed by atoms with Gasteiger partial charge in [0, 0.05) is 16.1 Å². The number of carbonyl (C=O) groups is 1. The second-order valence-electron chi connectivity index (χ2n) is 6.29. The lowest BCUT2D eigenvalue weighted by atomic mass is 10.1. The maximum atomic E-state index is 10.7. The Hall–Kier alpha value is -0.0200. The van der Waals surface area contributed by atoms with Gasteiger partial charge in [-0.3, -0.25) is 0 Å². The SMILES string of the molecule is CCC(C)(C)SC(C)(C)CCOC(C)(C)C=O. The quantitative estimate of drug-likeness (QED) is 0.615. The van der Waals surface area contributed by atoms with Crippen LogP contribution in [-0.2, 0) is 9.53 Å². The van der Waals surface area contributed by atoms with Crippen molar-refractivity contribution in [3.05, 3.63) is 0 Å². The fourth-order valence-electron chi connectivity index (χ4n) is 1.47. The largest absolute Gasteiger partial charge is 0.368 e. The molecule has 0 radical (unpaired) electrons. The molecule has 0 aliphatic carbocycles. The molecule has 0 aromatic rings. The lowest BCUT2D eigenvalue weighted by Crippen LogP contribution is -2.31. The van der Waals surface area contributed by atoms with Crippen molar-refractivity contribution in [1.82, 2.24) is 0 Å². The van der Waals surface area contributed by atoms with Crippen LogP contribution in [0, 0.1) is 0 Å². The molecule has 0 unspecified atom stereocenters. The summed E-state index contributed by atoms with van der Waals surface area (Å²) in [5, 5.41) is 0. The average Bonchev–Trinajstić information content (AvgIpc) is 2.15. The molecule has 0 atom stereocenters. The van der Waals surface area contributed by atoms with Crippen molar-refractivity contribution in [2.45, 2.75) is 76.4 Å². The first-order chi connectivity index (χ1) is 7.54. The van der Waals surface area contributed by atoms with E-state index in [-0.39, 0.29) is 4.75 Å². The Kier molecular flexibility index (Phi) is 6.23. The molecule has 2 nitrogen and oxygen atoms in total. The summed E-state index contributed by atoms with van der Waals surface area (Å²) in [5.41, 5.74) is -0.652. The van der Waals surface area contributed by atoms with Crippen molar-refractivity contribution in [2.24, 2.45) is 0 Å². The Bertz CT molecular complexity index is 245. The third kappa shape index (κ3) is 7.82. The normalized spacial score (nSPS) is 13.8. The summed E-state index contributed by atoms with van der Waals surface area (Å²) in [6, 6.07) is 0. The summed E-state index contributed by atoms with van der Waals surface area (Å²) >= 11 is 1.99. The van der Waals surface area contributed by atoms with Gasteiger partial charge in [0.15, 0.2) is 6.29 Å². The molecule has 17 heavy (non-hydrogen) atoms. The van der Waals surface area contributed by atoms with Crippen LogP contribution in [0.3, 0.4) is 0 Å². The van der Waals surface area contributed by atoms with E-state index in [0.29, 0.717) is 11.4 Å². The second-order valence-corrected chi connectivity index (χ2v) is 8.71. The first-order valence-electron chi connectivity index (χ1n) is 6.34. The molecule has 0 aliphatic rings. The summed E-state index contributed by atoms with van der Waals surface area (Å²) < 4.78 is 6.06. The topological polar surface area (TPSA) is 26.3 Å². The first-order valence-corrected chi connectivity index (χ1v) is 7.16. The van der Waals surface area contributed by atoms with Gasteiger partial charge in [-0.15, -0.1) is 11.8 Å². The van der Waals surface area contributed by atoms with E-state index in [9.17, 15) is 4.79 Å².